The van der Waals surface area contributed by atoms with Crippen LogP contribution in [0.2, 0.25) is 17.3 Å². The van der Waals surface area contributed by atoms with E-state index in [4.69, 9.17) is 1.37 Å². The minimum absolute atomic E-state index is 0. The molecule has 0 aliphatic heterocycles. The summed E-state index contributed by atoms with van der Waals surface area (Å²) in [5, 5.41) is 2.51. The second-order valence-electron chi connectivity index (χ2n) is 12.5. The number of nitrogens with zero attached hydrogens (tertiary/aromatic N) is 2. The zero-order valence-corrected chi connectivity index (χ0v) is 32.9. The number of fused-ring (bicyclic) bond motifs is 3. The van der Waals surface area contributed by atoms with Crippen molar-refractivity contribution in [1.29, 1.82) is 0 Å². The smallest absolute Gasteiger partial charge is 0 e. The van der Waals surface area contributed by atoms with E-state index in [2.05, 4.69) is 120 Å². The molecule has 0 aliphatic carbocycles. The summed E-state index contributed by atoms with van der Waals surface area (Å²) in [6.45, 7) is 4.17. The Bertz CT molecular complexity index is 2100. The van der Waals surface area contributed by atoms with Crippen LogP contribution in [0.5, 0.6) is 0 Å². The van der Waals surface area contributed by atoms with Crippen molar-refractivity contribution in [3.63, 3.8) is 0 Å². The maximum Gasteiger partial charge on any atom is 0 e. The van der Waals surface area contributed by atoms with Crippen LogP contribution in [-0.4, -0.2) is 23.2 Å². The molecule has 3 aromatic heterocycles. The second-order valence-corrected chi connectivity index (χ2v) is 24.2. The van der Waals surface area contributed by atoms with E-state index in [1.807, 2.05) is 54.9 Å². The summed E-state index contributed by atoms with van der Waals surface area (Å²) in [6.07, 6.45) is 5.45. The maximum absolute atomic E-state index is 8.84. The first-order chi connectivity index (χ1) is 22.7. The minimum atomic E-state index is -1.72. The molecule has 4 aromatic carbocycles. The molecule has 239 valence electrons. The molecule has 7 aromatic rings. The van der Waals surface area contributed by atoms with Gasteiger partial charge in [0.1, 0.15) is 0 Å². The Hall–Kier alpha value is -3.41. The molecule has 0 fully saturated rings. The van der Waals surface area contributed by atoms with Crippen molar-refractivity contribution in [3.8, 4) is 33.6 Å². The van der Waals surface area contributed by atoms with E-state index in [-0.39, 0.29) is 20.1 Å². The molecule has 0 N–H and O–H groups in total. The third kappa shape index (κ3) is 8.01. The first-order valence-electron chi connectivity index (χ1n) is 16.5. The van der Waals surface area contributed by atoms with Gasteiger partial charge in [-0.3, -0.25) is 0 Å². The summed E-state index contributed by atoms with van der Waals surface area (Å²) in [7, 11) is 0. The minimum Gasteiger partial charge on any atom is 0 e. The topological polar surface area (TPSA) is 25.8 Å². The molecule has 0 atom stereocenters. The van der Waals surface area contributed by atoms with Crippen LogP contribution in [0.3, 0.4) is 0 Å². The molecule has 7 rings (SSSR count). The standard InChI is InChI=1S/C28H24NS.C14H16GeN.Ir/c1-3-19(4-2)22-15-16-29-26(17-22)25-12-8-11-24-23-14-13-21(18-27(23)30-28(24)25)20-9-6-5-7-10-20;1-15(2,3)13-9-10-14(16-11-13)12-7-5-4-6-8-12;/h5-11,13-19H,3-4H2,1-2H3;4-7,9-11H,1-3H3;/q2*-1;/i19D;;. The van der Waals surface area contributed by atoms with Crippen LogP contribution in [0.4, 0.5) is 0 Å². The van der Waals surface area contributed by atoms with Crippen molar-refractivity contribution in [2.45, 2.75) is 49.9 Å². The van der Waals surface area contributed by atoms with Crippen LogP contribution in [0.25, 0.3) is 53.8 Å². The van der Waals surface area contributed by atoms with Crippen molar-refractivity contribution in [2.75, 3.05) is 0 Å². The predicted molar refractivity (Wildman–Crippen MR) is 202 cm³/mol. The van der Waals surface area contributed by atoms with Crippen LogP contribution in [0.15, 0.2) is 122 Å². The van der Waals surface area contributed by atoms with Crippen molar-refractivity contribution in [3.05, 3.63) is 139 Å². The summed E-state index contributed by atoms with van der Waals surface area (Å²) < 4.78 is 12.8. The van der Waals surface area contributed by atoms with Gasteiger partial charge >= 0.3 is 99.8 Å². The third-order valence-electron chi connectivity index (χ3n) is 8.43. The first-order valence-corrected chi connectivity index (χ1v) is 24.2. The molecule has 0 amide bonds. The monoisotopic (exact) mass is 872 g/mol. The zero-order valence-electron chi connectivity index (χ0n) is 28.6. The van der Waals surface area contributed by atoms with Crippen LogP contribution < -0.4 is 4.40 Å². The summed E-state index contributed by atoms with van der Waals surface area (Å²) in [4.78, 5) is 9.20. The second kappa shape index (κ2) is 15.7. The molecule has 1 radical (unpaired) electrons. The molecule has 47 heavy (non-hydrogen) atoms. The molecular formula is C42H40GeIrN2S-2. The Balaban J connectivity index is 0.000000224. The SMILES string of the molecule is [2H]C(CC)(CC)c1ccnc(-c2[c-]ccc3c2sc2cc(-c4ccccc4)ccc23)c1.[CH3][Ge]([CH3])([CH3])[c]1ccc(-c2[c-]cccc2)nc1.[Ir]. The molecule has 0 saturated heterocycles. The van der Waals surface area contributed by atoms with Gasteiger partial charge in [-0.25, -0.2) is 0 Å². The number of hydrogen-bond acceptors (Lipinski definition) is 3. The quantitative estimate of drug-likeness (QED) is 0.118. The largest absolute Gasteiger partial charge is 0 e. The number of thiophene rings is 1. The molecule has 5 heteroatoms. The Kier molecular flexibility index (Phi) is 11.2. The van der Waals surface area contributed by atoms with Gasteiger partial charge in [0, 0.05) is 32.4 Å². The Morgan fingerprint density at radius 2 is 1.53 bits per heavy atom. The molecular weight excluding hydrogens is 829 g/mol. The molecule has 3 heterocycles. The van der Waals surface area contributed by atoms with Gasteiger partial charge in [-0.1, -0.05) is 73.3 Å². The third-order valence-corrected chi connectivity index (χ3v) is 13.9. The van der Waals surface area contributed by atoms with Gasteiger partial charge in [-0.2, -0.15) is 11.3 Å². The fourth-order valence-electron chi connectivity index (χ4n) is 5.74. The number of aromatic nitrogens is 2. The summed E-state index contributed by atoms with van der Waals surface area (Å²) >= 11 is 0.0828. The van der Waals surface area contributed by atoms with E-state index in [0.717, 1.165) is 40.9 Å². The van der Waals surface area contributed by atoms with Crippen molar-refractivity contribution in [1.82, 2.24) is 9.97 Å². The number of pyridine rings is 2. The molecule has 0 spiro atoms. The van der Waals surface area contributed by atoms with Crippen LogP contribution in [-0.2, 0) is 20.1 Å². The number of hydrogen-bond donors (Lipinski definition) is 0. The number of rotatable bonds is 7. The fraction of sp³-hybridized carbons (Fsp3) is 0.190. The Morgan fingerprint density at radius 3 is 2.21 bits per heavy atom. The van der Waals surface area contributed by atoms with E-state index < -0.39 is 19.2 Å². The maximum atomic E-state index is 8.84. The van der Waals surface area contributed by atoms with Crippen molar-refractivity contribution < 1.29 is 21.5 Å². The van der Waals surface area contributed by atoms with Gasteiger partial charge in [0.2, 0.25) is 0 Å². The van der Waals surface area contributed by atoms with E-state index in [0.29, 0.717) is 0 Å². The van der Waals surface area contributed by atoms with Crippen LogP contribution in [0.1, 0.15) is 39.5 Å². The molecule has 2 nitrogen and oxygen atoms in total. The Morgan fingerprint density at radius 1 is 0.745 bits per heavy atom. The summed E-state index contributed by atoms with van der Waals surface area (Å²) in [5.41, 5.74) is 7.49. The van der Waals surface area contributed by atoms with Crippen molar-refractivity contribution >= 4 is 49.2 Å². The first kappa shape index (κ1) is 33.5. The van der Waals surface area contributed by atoms with E-state index >= 15 is 0 Å². The number of benzene rings is 4. The average Bonchev–Trinajstić information content (AvgIpc) is 3.50. The van der Waals surface area contributed by atoms with E-state index in [1.165, 1.54) is 35.7 Å². The Labute approximate surface area is 301 Å². The normalized spacial score (nSPS) is 11.8. The van der Waals surface area contributed by atoms with Gasteiger partial charge in [0.05, 0.1) is 0 Å². The van der Waals surface area contributed by atoms with Crippen molar-refractivity contribution in [2.24, 2.45) is 0 Å². The van der Waals surface area contributed by atoms with Gasteiger partial charge in [-0.05, 0) is 57.8 Å². The van der Waals surface area contributed by atoms with Gasteiger partial charge in [-0.15, -0.1) is 23.8 Å². The predicted octanol–water partition coefficient (Wildman–Crippen LogP) is 11.6. The summed E-state index contributed by atoms with van der Waals surface area (Å²) in [6, 6.07) is 44.4. The molecule has 0 saturated carbocycles. The van der Waals surface area contributed by atoms with Gasteiger partial charge in [0.15, 0.2) is 0 Å². The van der Waals surface area contributed by atoms with Crippen LogP contribution >= 0.6 is 11.3 Å². The molecule has 0 unspecified atom stereocenters. The molecule has 0 aliphatic rings. The van der Waals surface area contributed by atoms with E-state index in [1.54, 1.807) is 11.3 Å². The summed E-state index contributed by atoms with van der Waals surface area (Å²) in [5.74, 6) is 6.57. The van der Waals surface area contributed by atoms with Gasteiger partial charge < -0.3 is 4.98 Å². The molecule has 0 bridgehead atoms. The zero-order chi connectivity index (χ0) is 33.0. The average molecular weight is 871 g/mol. The fourth-order valence-corrected chi connectivity index (χ4v) is 9.16. The van der Waals surface area contributed by atoms with Gasteiger partial charge in [0.25, 0.3) is 0 Å². The van der Waals surface area contributed by atoms with Crippen LogP contribution in [0, 0.1) is 12.1 Å². The van der Waals surface area contributed by atoms with E-state index in [9.17, 15) is 0 Å².